The molecule has 1 aromatic rings. The van der Waals surface area contributed by atoms with Gasteiger partial charge in [0, 0.05) is 44.4 Å². The summed E-state index contributed by atoms with van der Waals surface area (Å²) in [5.41, 5.74) is -0.886. The fourth-order valence-electron chi connectivity index (χ4n) is 2.80. The first kappa shape index (κ1) is 26.4. The monoisotopic (exact) mass is 570 g/mol. The lowest BCUT2D eigenvalue weighted by Crippen LogP contribution is -2.47. The van der Waals surface area contributed by atoms with Crippen LogP contribution in [0.1, 0.15) is 30.5 Å². The standard InChI is InChI=1S/C16H25F3N4O3S2.HI/c1-3-20-14(21-7-4-13-23-12(10-27-13)16(17,18)19)22-11-15(28(2,24)25)5-8-26-9-6-15;/h10H,3-9,11H2,1-2H3,(H2,20,21,22);1H. The fraction of sp³-hybridized carbons (Fsp3) is 0.750. The third kappa shape index (κ3) is 7.51. The third-order valence-corrected chi connectivity index (χ3v) is 7.55. The Hall–Kier alpha value is -0.670. The van der Waals surface area contributed by atoms with Gasteiger partial charge in [0.25, 0.3) is 0 Å². The van der Waals surface area contributed by atoms with E-state index in [0.29, 0.717) is 56.5 Å². The van der Waals surface area contributed by atoms with Crippen LogP contribution in [0.2, 0.25) is 0 Å². The molecule has 7 nitrogen and oxygen atoms in total. The van der Waals surface area contributed by atoms with Crippen LogP contribution in [0, 0.1) is 0 Å². The molecule has 1 aromatic heterocycles. The molecule has 0 atom stereocenters. The number of thiazole rings is 1. The van der Waals surface area contributed by atoms with E-state index in [-0.39, 0.29) is 30.5 Å². The Bertz CT molecular complexity index is 779. The van der Waals surface area contributed by atoms with E-state index < -0.39 is 26.5 Å². The van der Waals surface area contributed by atoms with Crippen LogP contribution in [0.15, 0.2) is 10.4 Å². The quantitative estimate of drug-likeness (QED) is 0.298. The molecule has 2 heterocycles. The Kier molecular flexibility index (Phi) is 10.1. The molecule has 1 aliphatic heterocycles. The van der Waals surface area contributed by atoms with Gasteiger partial charge in [0.1, 0.15) is 0 Å². The number of hydrogen-bond acceptors (Lipinski definition) is 6. The summed E-state index contributed by atoms with van der Waals surface area (Å²) in [7, 11) is -3.33. The Morgan fingerprint density at radius 3 is 2.52 bits per heavy atom. The molecule has 0 amide bonds. The van der Waals surface area contributed by atoms with Crippen LogP contribution in [0.5, 0.6) is 0 Å². The van der Waals surface area contributed by atoms with Gasteiger partial charge < -0.3 is 15.4 Å². The van der Waals surface area contributed by atoms with Gasteiger partial charge in [0.15, 0.2) is 21.5 Å². The van der Waals surface area contributed by atoms with Crippen LogP contribution in [0.25, 0.3) is 0 Å². The summed E-state index contributed by atoms with van der Waals surface area (Å²) in [5.74, 6) is 0.421. The van der Waals surface area contributed by atoms with E-state index in [1.165, 1.54) is 6.26 Å². The zero-order valence-corrected chi connectivity index (χ0v) is 20.2. The Morgan fingerprint density at radius 1 is 1.34 bits per heavy atom. The molecule has 1 aliphatic rings. The lowest BCUT2D eigenvalue weighted by atomic mass is 9.99. The van der Waals surface area contributed by atoms with Crippen LogP contribution in [0.4, 0.5) is 13.2 Å². The third-order valence-electron chi connectivity index (χ3n) is 4.53. The molecule has 1 fully saturated rings. The number of guanidine groups is 1. The summed E-state index contributed by atoms with van der Waals surface area (Å²) >= 11 is 0.956. The van der Waals surface area contributed by atoms with Crippen molar-refractivity contribution in [3.8, 4) is 0 Å². The molecule has 0 unspecified atom stereocenters. The fourth-order valence-corrected chi connectivity index (χ4v) is 4.81. The minimum Gasteiger partial charge on any atom is -0.381 e. The van der Waals surface area contributed by atoms with Crippen molar-refractivity contribution in [1.82, 2.24) is 15.6 Å². The maximum atomic E-state index is 12.6. The number of nitrogens with zero attached hydrogens (tertiary/aromatic N) is 2. The first-order chi connectivity index (χ1) is 13.1. The maximum absolute atomic E-state index is 12.6. The van der Waals surface area contributed by atoms with Crippen LogP contribution in [0.3, 0.4) is 0 Å². The zero-order chi connectivity index (χ0) is 20.8. The summed E-state index contributed by atoms with van der Waals surface area (Å²) in [4.78, 5) is 8.00. The number of aliphatic imine (C=N–C) groups is 1. The van der Waals surface area contributed by atoms with Crippen molar-refractivity contribution in [2.75, 3.05) is 39.1 Å². The Labute approximate surface area is 189 Å². The topological polar surface area (TPSA) is 92.7 Å². The predicted octanol–water partition coefficient (Wildman–Crippen LogP) is 2.47. The van der Waals surface area contributed by atoms with Crippen molar-refractivity contribution in [1.29, 1.82) is 0 Å². The molecule has 0 radical (unpaired) electrons. The molecule has 29 heavy (non-hydrogen) atoms. The summed E-state index contributed by atoms with van der Waals surface area (Å²) in [6, 6.07) is 0. The molecule has 168 valence electrons. The first-order valence-corrected chi connectivity index (χ1v) is 11.7. The van der Waals surface area contributed by atoms with E-state index in [4.69, 9.17) is 4.74 Å². The molecular weight excluding hydrogens is 544 g/mol. The number of nitrogens with one attached hydrogen (secondary N) is 2. The van der Waals surface area contributed by atoms with E-state index in [9.17, 15) is 21.6 Å². The van der Waals surface area contributed by atoms with Crippen LogP contribution < -0.4 is 10.6 Å². The highest BCUT2D eigenvalue weighted by Crippen LogP contribution is 2.30. The molecule has 1 saturated heterocycles. The van der Waals surface area contributed by atoms with Gasteiger partial charge in [0.05, 0.1) is 16.3 Å². The number of aromatic nitrogens is 1. The van der Waals surface area contributed by atoms with E-state index in [0.717, 1.165) is 16.7 Å². The number of alkyl halides is 3. The smallest absolute Gasteiger partial charge is 0.381 e. The van der Waals surface area contributed by atoms with Gasteiger partial charge in [-0.1, -0.05) is 0 Å². The van der Waals surface area contributed by atoms with Gasteiger partial charge >= 0.3 is 6.18 Å². The van der Waals surface area contributed by atoms with E-state index in [1.807, 2.05) is 6.92 Å². The van der Waals surface area contributed by atoms with Gasteiger partial charge in [-0.15, -0.1) is 35.3 Å². The second-order valence-electron chi connectivity index (χ2n) is 6.56. The van der Waals surface area contributed by atoms with Crippen molar-refractivity contribution in [3.63, 3.8) is 0 Å². The second kappa shape index (κ2) is 11.1. The van der Waals surface area contributed by atoms with Crippen molar-refractivity contribution in [3.05, 3.63) is 16.1 Å². The van der Waals surface area contributed by atoms with Gasteiger partial charge in [0.2, 0.25) is 0 Å². The second-order valence-corrected chi connectivity index (χ2v) is 9.92. The van der Waals surface area contributed by atoms with E-state index in [2.05, 4.69) is 20.6 Å². The molecular formula is C16H26F3IN4O3S2. The van der Waals surface area contributed by atoms with Crippen molar-refractivity contribution in [2.24, 2.45) is 4.99 Å². The van der Waals surface area contributed by atoms with Crippen molar-refractivity contribution >= 4 is 51.1 Å². The highest BCUT2D eigenvalue weighted by molar-refractivity contribution is 14.0. The minimum atomic E-state index is -4.44. The molecule has 2 N–H and O–H groups in total. The Morgan fingerprint density at radius 2 is 2.00 bits per heavy atom. The average Bonchev–Trinajstić information content (AvgIpc) is 3.09. The number of sulfone groups is 1. The van der Waals surface area contributed by atoms with Gasteiger partial charge in [-0.25, -0.2) is 13.4 Å². The number of halogens is 4. The maximum Gasteiger partial charge on any atom is 0.434 e. The highest BCUT2D eigenvalue weighted by atomic mass is 127. The lowest BCUT2D eigenvalue weighted by Gasteiger charge is -2.34. The molecule has 0 spiro atoms. The van der Waals surface area contributed by atoms with E-state index >= 15 is 0 Å². The molecule has 2 rings (SSSR count). The SMILES string of the molecule is CCNC(=NCC1(S(C)(=O)=O)CCOCC1)NCCc1nc(C(F)(F)F)cs1.I. The number of rotatable bonds is 7. The summed E-state index contributed by atoms with van der Waals surface area (Å²) in [6.45, 7) is 3.60. The summed E-state index contributed by atoms with van der Waals surface area (Å²) in [5, 5.41) is 7.41. The van der Waals surface area contributed by atoms with E-state index in [1.54, 1.807) is 0 Å². The highest BCUT2D eigenvalue weighted by Gasteiger charge is 2.42. The van der Waals surface area contributed by atoms with Crippen LogP contribution in [-0.4, -0.2) is 63.2 Å². The van der Waals surface area contributed by atoms with Gasteiger partial charge in [-0.05, 0) is 19.8 Å². The van der Waals surface area contributed by atoms with Crippen molar-refractivity contribution < 1.29 is 26.3 Å². The average molecular weight is 570 g/mol. The molecule has 0 aliphatic carbocycles. The van der Waals surface area contributed by atoms with Gasteiger partial charge in [-0.2, -0.15) is 13.2 Å². The first-order valence-electron chi connectivity index (χ1n) is 8.88. The number of ether oxygens (including phenoxy) is 1. The molecule has 0 bridgehead atoms. The van der Waals surface area contributed by atoms with Gasteiger partial charge in [-0.3, -0.25) is 4.99 Å². The van der Waals surface area contributed by atoms with Crippen LogP contribution >= 0.6 is 35.3 Å². The molecule has 0 saturated carbocycles. The number of hydrogen-bond donors (Lipinski definition) is 2. The lowest BCUT2D eigenvalue weighted by molar-refractivity contribution is -0.140. The normalized spacial score (nSPS) is 17.5. The Balaban J connectivity index is 0.00000420. The molecule has 0 aromatic carbocycles. The largest absolute Gasteiger partial charge is 0.434 e. The summed E-state index contributed by atoms with van der Waals surface area (Å²) in [6.07, 6.45) is -2.16. The molecule has 13 heteroatoms. The summed E-state index contributed by atoms with van der Waals surface area (Å²) < 4.78 is 66.7. The van der Waals surface area contributed by atoms with Crippen molar-refractivity contribution in [2.45, 2.75) is 37.1 Å². The minimum absolute atomic E-state index is 0. The zero-order valence-electron chi connectivity index (χ0n) is 16.2. The predicted molar refractivity (Wildman–Crippen MR) is 118 cm³/mol. The van der Waals surface area contributed by atoms with Crippen LogP contribution in [-0.2, 0) is 27.2 Å².